The summed E-state index contributed by atoms with van der Waals surface area (Å²) in [5.41, 5.74) is 1.47. The van der Waals surface area contributed by atoms with Crippen LogP contribution in [-0.2, 0) is 0 Å². The van der Waals surface area contributed by atoms with Crippen LogP contribution in [0.3, 0.4) is 0 Å². The molecule has 4 unspecified atom stereocenters. The Morgan fingerprint density at radius 3 is 1.91 bits per heavy atom. The van der Waals surface area contributed by atoms with Crippen LogP contribution < -0.4 is 0 Å². The van der Waals surface area contributed by atoms with E-state index < -0.39 is 0 Å². The topological polar surface area (TPSA) is 0 Å². The number of fused-ring (bicyclic) bond motifs is 1. The van der Waals surface area contributed by atoms with E-state index in [1.807, 2.05) is 0 Å². The van der Waals surface area contributed by atoms with E-state index in [0.717, 1.165) is 28.6 Å². The highest BCUT2D eigenvalue weighted by molar-refractivity contribution is 5.25. The van der Waals surface area contributed by atoms with Gasteiger partial charge < -0.3 is 0 Å². The van der Waals surface area contributed by atoms with Crippen LogP contribution in [0.2, 0.25) is 0 Å². The van der Waals surface area contributed by atoms with Gasteiger partial charge in [-0.15, -0.1) is 0 Å². The van der Waals surface area contributed by atoms with E-state index in [2.05, 4.69) is 34.6 Å². The highest BCUT2D eigenvalue weighted by Crippen LogP contribution is 2.83. The second-order valence-corrected chi connectivity index (χ2v) is 5.57. The van der Waals surface area contributed by atoms with E-state index in [-0.39, 0.29) is 0 Å². The molecule has 0 nitrogen and oxygen atoms in total. The molecule has 0 heteroatoms. The van der Waals surface area contributed by atoms with E-state index in [1.54, 1.807) is 0 Å². The Kier molecular flexibility index (Phi) is 1.16. The van der Waals surface area contributed by atoms with Crippen LogP contribution in [-0.4, -0.2) is 0 Å². The van der Waals surface area contributed by atoms with Crippen LogP contribution in [0, 0.1) is 28.6 Å². The predicted molar refractivity (Wildman–Crippen MR) is 48.3 cm³/mol. The normalized spacial score (nSPS) is 60.5. The summed E-state index contributed by atoms with van der Waals surface area (Å²) >= 11 is 0. The minimum atomic E-state index is 0.737. The minimum absolute atomic E-state index is 0.737. The molecule has 11 heavy (non-hydrogen) atoms. The zero-order valence-electron chi connectivity index (χ0n) is 8.44. The molecule has 0 heterocycles. The Bertz CT molecular complexity index is 194. The summed E-state index contributed by atoms with van der Waals surface area (Å²) in [6.07, 6.45) is 1.49. The third kappa shape index (κ3) is 0.588. The van der Waals surface area contributed by atoms with Crippen LogP contribution in [0.25, 0.3) is 0 Å². The first kappa shape index (κ1) is 7.64. The molecule has 0 spiro atoms. The SMILES string of the molecule is CC(C)C1C(C)C2(C)CC12C. The van der Waals surface area contributed by atoms with Crippen molar-refractivity contribution in [3.8, 4) is 0 Å². The van der Waals surface area contributed by atoms with E-state index >= 15 is 0 Å². The summed E-state index contributed by atoms with van der Waals surface area (Å²) in [4.78, 5) is 0. The minimum Gasteiger partial charge on any atom is -0.0625 e. The molecule has 0 aliphatic heterocycles. The summed E-state index contributed by atoms with van der Waals surface area (Å²) < 4.78 is 0. The Morgan fingerprint density at radius 1 is 1.18 bits per heavy atom. The lowest BCUT2D eigenvalue weighted by Crippen LogP contribution is -2.44. The van der Waals surface area contributed by atoms with Gasteiger partial charge in [0.1, 0.15) is 0 Å². The summed E-state index contributed by atoms with van der Waals surface area (Å²) in [5, 5.41) is 0. The van der Waals surface area contributed by atoms with Crippen molar-refractivity contribution < 1.29 is 0 Å². The molecule has 0 aromatic heterocycles. The maximum Gasteiger partial charge on any atom is -0.0230 e. The molecular weight excluding hydrogens is 132 g/mol. The van der Waals surface area contributed by atoms with E-state index in [9.17, 15) is 0 Å². The lowest BCUT2D eigenvalue weighted by molar-refractivity contribution is -0.0172. The van der Waals surface area contributed by atoms with Gasteiger partial charge in [-0.1, -0.05) is 34.6 Å². The molecule has 2 saturated carbocycles. The molecule has 0 saturated heterocycles. The fourth-order valence-electron chi connectivity index (χ4n) is 4.06. The number of hydrogen-bond donors (Lipinski definition) is 0. The quantitative estimate of drug-likeness (QED) is 0.540. The molecule has 0 amide bonds. The van der Waals surface area contributed by atoms with Gasteiger partial charge >= 0.3 is 0 Å². The molecule has 4 atom stereocenters. The van der Waals surface area contributed by atoms with Crippen molar-refractivity contribution in [1.29, 1.82) is 0 Å². The van der Waals surface area contributed by atoms with Crippen LogP contribution in [0.5, 0.6) is 0 Å². The largest absolute Gasteiger partial charge is 0.0625 e. The monoisotopic (exact) mass is 152 g/mol. The zero-order valence-corrected chi connectivity index (χ0v) is 8.44. The van der Waals surface area contributed by atoms with E-state index in [1.165, 1.54) is 6.42 Å². The lowest BCUT2D eigenvalue weighted by atomic mass is 9.55. The second-order valence-electron chi connectivity index (χ2n) is 5.57. The van der Waals surface area contributed by atoms with Crippen LogP contribution in [0.1, 0.15) is 41.0 Å². The third-order valence-corrected chi connectivity index (χ3v) is 4.91. The molecular formula is C11H20. The fraction of sp³-hybridized carbons (Fsp3) is 1.00. The Labute approximate surface area is 70.4 Å². The molecule has 0 aromatic rings. The highest BCUT2D eigenvalue weighted by Gasteiger charge is 2.77. The summed E-state index contributed by atoms with van der Waals surface area (Å²) in [5.74, 6) is 2.88. The Morgan fingerprint density at radius 2 is 1.73 bits per heavy atom. The van der Waals surface area contributed by atoms with Gasteiger partial charge in [0.05, 0.1) is 0 Å². The van der Waals surface area contributed by atoms with E-state index in [4.69, 9.17) is 0 Å². The first-order valence-corrected chi connectivity index (χ1v) is 4.93. The van der Waals surface area contributed by atoms with Gasteiger partial charge in [0, 0.05) is 0 Å². The molecule has 2 aliphatic rings. The molecule has 64 valence electrons. The summed E-state index contributed by atoms with van der Waals surface area (Å²) in [6, 6.07) is 0. The lowest BCUT2D eigenvalue weighted by Gasteiger charge is -2.49. The fourth-order valence-corrected chi connectivity index (χ4v) is 4.06. The van der Waals surface area contributed by atoms with Gasteiger partial charge in [0.15, 0.2) is 0 Å². The van der Waals surface area contributed by atoms with Gasteiger partial charge in [-0.3, -0.25) is 0 Å². The van der Waals surface area contributed by atoms with Gasteiger partial charge in [0.2, 0.25) is 0 Å². The second kappa shape index (κ2) is 1.67. The Balaban J connectivity index is 2.18. The molecule has 0 bridgehead atoms. The van der Waals surface area contributed by atoms with Crippen molar-refractivity contribution in [2.75, 3.05) is 0 Å². The first-order chi connectivity index (χ1) is 4.93. The van der Waals surface area contributed by atoms with Crippen molar-refractivity contribution >= 4 is 0 Å². The number of rotatable bonds is 1. The van der Waals surface area contributed by atoms with Crippen molar-refractivity contribution in [3.05, 3.63) is 0 Å². The average molecular weight is 152 g/mol. The van der Waals surface area contributed by atoms with Gasteiger partial charge in [-0.2, -0.15) is 0 Å². The molecule has 2 aliphatic carbocycles. The predicted octanol–water partition coefficient (Wildman–Crippen LogP) is 3.32. The molecule has 0 aromatic carbocycles. The number of hydrogen-bond acceptors (Lipinski definition) is 0. The van der Waals surface area contributed by atoms with Crippen molar-refractivity contribution in [1.82, 2.24) is 0 Å². The zero-order chi connectivity index (χ0) is 8.44. The van der Waals surface area contributed by atoms with Crippen molar-refractivity contribution in [2.24, 2.45) is 28.6 Å². The summed E-state index contributed by atoms with van der Waals surface area (Å²) in [6.45, 7) is 12.2. The first-order valence-electron chi connectivity index (χ1n) is 4.93. The van der Waals surface area contributed by atoms with Gasteiger partial charge in [-0.25, -0.2) is 0 Å². The third-order valence-electron chi connectivity index (χ3n) is 4.91. The maximum absolute atomic E-state index is 2.48. The van der Waals surface area contributed by atoms with Gasteiger partial charge in [0.25, 0.3) is 0 Å². The van der Waals surface area contributed by atoms with Crippen molar-refractivity contribution in [2.45, 2.75) is 41.0 Å². The van der Waals surface area contributed by atoms with Crippen LogP contribution >= 0.6 is 0 Å². The van der Waals surface area contributed by atoms with Crippen LogP contribution in [0.4, 0.5) is 0 Å². The van der Waals surface area contributed by atoms with Crippen molar-refractivity contribution in [3.63, 3.8) is 0 Å². The Hall–Kier alpha value is 0. The highest BCUT2D eigenvalue weighted by atomic mass is 14.8. The molecule has 0 N–H and O–H groups in total. The smallest absolute Gasteiger partial charge is 0.0230 e. The van der Waals surface area contributed by atoms with Gasteiger partial charge in [-0.05, 0) is 35.0 Å². The molecule has 0 radical (unpaired) electrons. The molecule has 2 fully saturated rings. The van der Waals surface area contributed by atoms with E-state index in [0.29, 0.717) is 0 Å². The summed E-state index contributed by atoms with van der Waals surface area (Å²) in [7, 11) is 0. The maximum atomic E-state index is 2.48. The standard InChI is InChI=1S/C11H20/c1-7(2)9-8(3)10(4)6-11(9,10)5/h7-9H,6H2,1-5H3. The van der Waals surface area contributed by atoms with Crippen LogP contribution in [0.15, 0.2) is 0 Å². The average Bonchev–Trinajstić information content (AvgIpc) is 2.30. The molecule has 2 rings (SSSR count).